The van der Waals surface area contributed by atoms with Crippen molar-refractivity contribution < 1.29 is 9.53 Å². The molecule has 1 atom stereocenters. The highest BCUT2D eigenvalue weighted by atomic mass is 16.5. The molecule has 6 nitrogen and oxygen atoms in total. The molecule has 6 heteroatoms. The Bertz CT molecular complexity index is 734. The van der Waals surface area contributed by atoms with Gasteiger partial charge in [-0.05, 0) is 48.7 Å². The van der Waals surface area contributed by atoms with E-state index in [1.807, 2.05) is 12.1 Å². The molecule has 25 heavy (non-hydrogen) atoms. The van der Waals surface area contributed by atoms with Gasteiger partial charge in [0.1, 0.15) is 0 Å². The molecular formula is C19H20N4O2. The van der Waals surface area contributed by atoms with Gasteiger partial charge in [0.05, 0.1) is 17.7 Å². The van der Waals surface area contributed by atoms with Gasteiger partial charge in [0.2, 0.25) is 0 Å². The van der Waals surface area contributed by atoms with Gasteiger partial charge in [-0.25, -0.2) is 4.79 Å². The largest absolute Gasteiger partial charge is 0.376 e. The summed E-state index contributed by atoms with van der Waals surface area (Å²) in [6, 6.07) is 12.5. The Balaban J connectivity index is 1.69. The van der Waals surface area contributed by atoms with Crippen LogP contribution in [0.1, 0.15) is 24.0 Å². The summed E-state index contributed by atoms with van der Waals surface area (Å²) in [5.41, 5.74) is 2.19. The van der Waals surface area contributed by atoms with Crippen molar-refractivity contribution in [3.63, 3.8) is 0 Å². The Kier molecular flexibility index (Phi) is 5.60. The third kappa shape index (κ3) is 4.78. The summed E-state index contributed by atoms with van der Waals surface area (Å²) in [5, 5.41) is 11.7. The van der Waals surface area contributed by atoms with Crippen LogP contribution in [0.3, 0.4) is 0 Å². The summed E-state index contributed by atoms with van der Waals surface area (Å²) >= 11 is 0. The van der Waals surface area contributed by atoms with E-state index in [-0.39, 0.29) is 12.1 Å². The molecule has 1 aliphatic heterocycles. The van der Waals surface area contributed by atoms with Crippen molar-refractivity contribution >= 4 is 11.7 Å². The van der Waals surface area contributed by atoms with Gasteiger partial charge < -0.3 is 15.0 Å². The first-order chi connectivity index (χ1) is 12.2. The van der Waals surface area contributed by atoms with Crippen LogP contribution < -0.4 is 5.32 Å². The third-order valence-corrected chi connectivity index (χ3v) is 4.10. The molecule has 1 aromatic carbocycles. The number of nitriles is 1. The first-order valence-electron chi connectivity index (χ1n) is 8.31. The van der Waals surface area contributed by atoms with Gasteiger partial charge in [-0.15, -0.1) is 0 Å². The lowest BCUT2D eigenvalue weighted by Crippen LogP contribution is -2.39. The number of nitrogens with one attached hydrogen (secondary N) is 1. The summed E-state index contributed by atoms with van der Waals surface area (Å²) in [5.74, 6) is 0. The SMILES string of the molecule is N#Cc1ccc(NC(=O)N(Cc2cccnc2)C[C@H]2CCCO2)cc1. The molecule has 1 N–H and O–H groups in total. The van der Waals surface area contributed by atoms with Crippen LogP contribution in [0.15, 0.2) is 48.8 Å². The maximum absolute atomic E-state index is 12.7. The number of nitrogens with zero attached hydrogens (tertiary/aromatic N) is 3. The van der Waals surface area contributed by atoms with Crippen molar-refractivity contribution in [2.45, 2.75) is 25.5 Å². The van der Waals surface area contributed by atoms with E-state index in [0.717, 1.165) is 25.0 Å². The third-order valence-electron chi connectivity index (χ3n) is 4.10. The Labute approximate surface area is 147 Å². The zero-order valence-electron chi connectivity index (χ0n) is 13.9. The van der Waals surface area contributed by atoms with Gasteiger partial charge in [0, 0.05) is 37.8 Å². The molecule has 1 aliphatic rings. The van der Waals surface area contributed by atoms with Crippen molar-refractivity contribution in [3.05, 3.63) is 59.9 Å². The van der Waals surface area contributed by atoms with Crippen molar-refractivity contribution in [2.24, 2.45) is 0 Å². The maximum atomic E-state index is 12.7. The van der Waals surface area contributed by atoms with Crippen molar-refractivity contribution in [2.75, 3.05) is 18.5 Å². The second kappa shape index (κ2) is 8.27. The lowest BCUT2D eigenvalue weighted by atomic mass is 10.2. The van der Waals surface area contributed by atoms with E-state index in [0.29, 0.717) is 24.3 Å². The molecule has 0 aliphatic carbocycles. The Morgan fingerprint density at radius 3 is 2.84 bits per heavy atom. The number of aromatic nitrogens is 1. The van der Waals surface area contributed by atoms with E-state index < -0.39 is 0 Å². The Morgan fingerprint density at radius 2 is 2.20 bits per heavy atom. The molecular weight excluding hydrogens is 316 g/mol. The molecule has 128 valence electrons. The molecule has 1 saturated heterocycles. The topological polar surface area (TPSA) is 78.3 Å². The van der Waals surface area contributed by atoms with Crippen LogP contribution >= 0.6 is 0 Å². The fraction of sp³-hybridized carbons (Fsp3) is 0.316. The number of ether oxygens (including phenoxy) is 1. The van der Waals surface area contributed by atoms with Gasteiger partial charge in [-0.1, -0.05) is 6.07 Å². The number of pyridine rings is 1. The van der Waals surface area contributed by atoms with Gasteiger partial charge in [-0.3, -0.25) is 4.98 Å². The van der Waals surface area contributed by atoms with Crippen molar-refractivity contribution in [3.8, 4) is 6.07 Å². The Morgan fingerprint density at radius 1 is 1.36 bits per heavy atom. The molecule has 3 rings (SSSR count). The zero-order valence-corrected chi connectivity index (χ0v) is 13.9. The predicted octanol–water partition coefficient (Wildman–Crippen LogP) is 3.17. The van der Waals surface area contributed by atoms with E-state index in [4.69, 9.17) is 10.00 Å². The molecule has 0 unspecified atom stereocenters. The van der Waals surface area contributed by atoms with Gasteiger partial charge in [-0.2, -0.15) is 5.26 Å². The summed E-state index contributed by atoms with van der Waals surface area (Å²) in [4.78, 5) is 18.6. The van der Waals surface area contributed by atoms with Gasteiger partial charge in [0.25, 0.3) is 0 Å². The number of urea groups is 1. The van der Waals surface area contributed by atoms with Crippen molar-refractivity contribution in [1.29, 1.82) is 5.26 Å². The smallest absolute Gasteiger partial charge is 0.322 e. The number of benzene rings is 1. The van der Waals surface area contributed by atoms with Crippen molar-refractivity contribution in [1.82, 2.24) is 9.88 Å². The summed E-state index contributed by atoms with van der Waals surface area (Å²) in [6.07, 6.45) is 5.54. The lowest BCUT2D eigenvalue weighted by molar-refractivity contribution is 0.0819. The summed E-state index contributed by atoms with van der Waals surface area (Å²) in [7, 11) is 0. The van der Waals surface area contributed by atoms with Gasteiger partial charge in [0.15, 0.2) is 0 Å². The minimum atomic E-state index is -0.191. The summed E-state index contributed by atoms with van der Waals surface area (Å²) < 4.78 is 5.68. The molecule has 0 spiro atoms. The average Bonchev–Trinajstić information content (AvgIpc) is 3.16. The number of carbonyl (C=O) groups is 1. The molecule has 1 aromatic heterocycles. The number of rotatable bonds is 5. The van der Waals surface area contributed by atoms with Crippen LogP contribution in [0.25, 0.3) is 0 Å². The monoisotopic (exact) mass is 336 g/mol. The second-order valence-electron chi connectivity index (χ2n) is 6.00. The van der Waals surface area contributed by atoms with E-state index in [9.17, 15) is 4.79 Å². The summed E-state index contributed by atoms with van der Waals surface area (Å²) in [6.45, 7) is 1.76. The average molecular weight is 336 g/mol. The highest BCUT2D eigenvalue weighted by Crippen LogP contribution is 2.17. The number of hydrogen-bond acceptors (Lipinski definition) is 4. The zero-order chi connectivity index (χ0) is 17.5. The maximum Gasteiger partial charge on any atom is 0.322 e. The van der Waals surface area contributed by atoms with Crippen LogP contribution in [0.5, 0.6) is 0 Å². The number of anilines is 1. The van der Waals surface area contributed by atoms with Crippen LogP contribution in [-0.4, -0.2) is 35.2 Å². The number of carbonyl (C=O) groups excluding carboxylic acids is 1. The second-order valence-corrected chi connectivity index (χ2v) is 6.00. The molecule has 0 radical (unpaired) electrons. The number of amides is 2. The first-order valence-corrected chi connectivity index (χ1v) is 8.31. The molecule has 1 fully saturated rings. The highest BCUT2D eigenvalue weighted by Gasteiger charge is 2.23. The van der Waals surface area contributed by atoms with Crippen LogP contribution in [-0.2, 0) is 11.3 Å². The van der Waals surface area contributed by atoms with E-state index in [2.05, 4.69) is 16.4 Å². The Hall–Kier alpha value is -2.91. The predicted molar refractivity (Wildman–Crippen MR) is 93.8 cm³/mol. The molecule has 2 heterocycles. The van der Waals surface area contributed by atoms with Crippen LogP contribution in [0.4, 0.5) is 10.5 Å². The van der Waals surface area contributed by atoms with Crippen LogP contribution in [0.2, 0.25) is 0 Å². The van der Waals surface area contributed by atoms with E-state index in [1.54, 1.807) is 41.6 Å². The molecule has 0 saturated carbocycles. The minimum Gasteiger partial charge on any atom is -0.376 e. The van der Waals surface area contributed by atoms with Gasteiger partial charge >= 0.3 is 6.03 Å². The minimum absolute atomic E-state index is 0.0726. The molecule has 0 bridgehead atoms. The molecule has 2 amide bonds. The lowest BCUT2D eigenvalue weighted by Gasteiger charge is -2.25. The highest BCUT2D eigenvalue weighted by molar-refractivity contribution is 5.89. The number of hydrogen-bond donors (Lipinski definition) is 1. The quantitative estimate of drug-likeness (QED) is 0.909. The fourth-order valence-corrected chi connectivity index (χ4v) is 2.80. The standard InChI is InChI=1S/C19H20N4O2/c20-11-15-5-7-17(8-6-15)22-19(24)23(14-18-4-2-10-25-18)13-16-3-1-9-21-12-16/h1,3,5-9,12,18H,2,4,10,13-14H2,(H,22,24)/t18-/m1/s1. The van der Waals surface area contributed by atoms with Crippen LogP contribution in [0, 0.1) is 11.3 Å². The first kappa shape index (κ1) is 16.9. The van der Waals surface area contributed by atoms with E-state index in [1.165, 1.54) is 0 Å². The normalized spacial score (nSPS) is 16.2. The fourth-order valence-electron chi connectivity index (χ4n) is 2.80. The molecule has 2 aromatic rings. The van der Waals surface area contributed by atoms with E-state index >= 15 is 0 Å².